The highest BCUT2D eigenvalue weighted by molar-refractivity contribution is 5.39. The van der Waals surface area contributed by atoms with Crippen molar-refractivity contribution in [3.8, 4) is 5.88 Å². The van der Waals surface area contributed by atoms with Crippen LogP contribution in [-0.2, 0) is 0 Å². The average molecular weight is 242 g/mol. The van der Waals surface area contributed by atoms with E-state index in [0.29, 0.717) is 13.0 Å². The van der Waals surface area contributed by atoms with Gasteiger partial charge in [0.15, 0.2) is 17.5 Å². The Hall–Kier alpha value is -1.65. The van der Waals surface area contributed by atoms with Gasteiger partial charge in [-0.3, -0.25) is 0 Å². The van der Waals surface area contributed by atoms with E-state index < -0.39 is 11.6 Å². The number of anilines is 1. The number of aromatic nitrogens is 1. The fraction of sp³-hybridized carbons (Fsp3) is 0.417. The number of nitrogens with one attached hydrogen (secondary N) is 1. The van der Waals surface area contributed by atoms with E-state index in [1.165, 1.54) is 0 Å². The molecule has 5 heteroatoms. The highest BCUT2D eigenvalue weighted by Crippen LogP contribution is 2.20. The molecule has 0 saturated carbocycles. The van der Waals surface area contributed by atoms with E-state index in [2.05, 4.69) is 16.9 Å². The minimum Gasteiger partial charge on any atom is -0.475 e. The molecule has 0 aliphatic heterocycles. The number of rotatable bonds is 7. The maximum absolute atomic E-state index is 13.3. The van der Waals surface area contributed by atoms with Gasteiger partial charge in [-0.25, -0.2) is 8.78 Å². The van der Waals surface area contributed by atoms with Crippen LogP contribution in [0, 0.1) is 11.6 Å². The van der Waals surface area contributed by atoms with Gasteiger partial charge in [0, 0.05) is 12.6 Å². The van der Waals surface area contributed by atoms with Crippen molar-refractivity contribution in [1.82, 2.24) is 4.98 Å². The summed E-state index contributed by atoms with van der Waals surface area (Å²) in [6, 6.07) is 0.772. The van der Waals surface area contributed by atoms with Gasteiger partial charge < -0.3 is 10.1 Å². The third-order valence-corrected chi connectivity index (χ3v) is 2.00. The first-order chi connectivity index (χ1) is 8.19. The second-order valence-electron chi connectivity index (χ2n) is 3.46. The maximum Gasteiger partial charge on any atom is 0.252 e. The zero-order chi connectivity index (χ0) is 12.7. The Balaban J connectivity index is 2.77. The van der Waals surface area contributed by atoms with Gasteiger partial charge in [0.1, 0.15) is 0 Å². The number of hydrogen-bond donors (Lipinski definition) is 1. The molecule has 0 aliphatic rings. The fourth-order valence-electron chi connectivity index (χ4n) is 1.16. The summed E-state index contributed by atoms with van der Waals surface area (Å²) < 4.78 is 31.7. The number of pyridine rings is 1. The first kappa shape index (κ1) is 13.4. The van der Waals surface area contributed by atoms with E-state index >= 15 is 0 Å². The van der Waals surface area contributed by atoms with Crippen molar-refractivity contribution >= 4 is 5.82 Å². The normalized spacial score (nSPS) is 10.1. The van der Waals surface area contributed by atoms with Gasteiger partial charge in [0.25, 0.3) is 5.88 Å². The van der Waals surface area contributed by atoms with Crippen LogP contribution in [0.25, 0.3) is 0 Å². The molecule has 0 aliphatic carbocycles. The third kappa shape index (κ3) is 4.01. The average Bonchev–Trinajstić information content (AvgIpc) is 2.31. The molecule has 0 spiro atoms. The van der Waals surface area contributed by atoms with Crippen LogP contribution in [0.1, 0.15) is 19.8 Å². The lowest BCUT2D eigenvalue weighted by Crippen LogP contribution is -2.08. The van der Waals surface area contributed by atoms with E-state index in [0.717, 1.165) is 12.5 Å². The van der Waals surface area contributed by atoms with Crippen molar-refractivity contribution in [2.75, 3.05) is 18.5 Å². The third-order valence-electron chi connectivity index (χ3n) is 2.00. The molecule has 0 radical (unpaired) electrons. The van der Waals surface area contributed by atoms with Crippen LogP contribution < -0.4 is 10.1 Å². The number of hydrogen-bond acceptors (Lipinski definition) is 3. The van der Waals surface area contributed by atoms with E-state index in [-0.39, 0.29) is 18.3 Å². The molecule has 1 N–H and O–H groups in total. The monoisotopic (exact) mass is 242 g/mol. The summed E-state index contributed by atoms with van der Waals surface area (Å²) in [4.78, 5) is 3.76. The van der Waals surface area contributed by atoms with E-state index in [1.807, 2.05) is 6.92 Å². The highest BCUT2D eigenvalue weighted by atomic mass is 19.1. The first-order valence-electron chi connectivity index (χ1n) is 5.52. The number of halogens is 2. The summed E-state index contributed by atoms with van der Waals surface area (Å²) in [5, 5.41) is 2.77. The molecule has 0 fully saturated rings. The van der Waals surface area contributed by atoms with Crippen LogP contribution in [0.2, 0.25) is 0 Å². The van der Waals surface area contributed by atoms with Gasteiger partial charge in [0.05, 0.1) is 6.61 Å². The van der Waals surface area contributed by atoms with Crippen molar-refractivity contribution in [3.63, 3.8) is 0 Å². The zero-order valence-electron chi connectivity index (χ0n) is 9.80. The second-order valence-corrected chi connectivity index (χ2v) is 3.46. The van der Waals surface area contributed by atoms with Crippen molar-refractivity contribution in [2.45, 2.75) is 19.8 Å². The summed E-state index contributed by atoms with van der Waals surface area (Å²) in [5.74, 6) is -1.69. The Bertz CT molecular complexity index is 383. The van der Waals surface area contributed by atoms with Crippen molar-refractivity contribution in [2.24, 2.45) is 0 Å². The van der Waals surface area contributed by atoms with Crippen molar-refractivity contribution in [3.05, 3.63) is 30.4 Å². The van der Waals surface area contributed by atoms with Crippen LogP contribution in [-0.4, -0.2) is 18.1 Å². The van der Waals surface area contributed by atoms with Gasteiger partial charge in [-0.1, -0.05) is 13.0 Å². The molecule has 94 valence electrons. The molecule has 17 heavy (non-hydrogen) atoms. The maximum atomic E-state index is 13.3. The van der Waals surface area contributed by atoms with Gasteiger partial charge >= 0.3 is 0 Å². The van der Waals surface area contributed by atoms with E-state index in [4.69, 9.17) is 4.74 Å². The lowest BCUT2D eigenvalue weighted by Gasteiger charge is -2.09. The molecule has 1 heterocycles. The lowest BCUT2D eigenvalue weighted by molar-refractivity contribution is 0.293. The summed E-state index contributed by atoms with van der Waals surface area (Å²) in [6.07, 6.45) is 3.05. The van der Waals surface area contributed by atoms with Gasteiger partial charge in [-0.05, 0) is 12.8 Å². The Morgan fingerprint density at radius 3 is 2.88 bits per heavy atom. The minimum absolute atomic E-state index is 0.0156. The predicted octanol–water partition coefficient (Wildman–Crippen LogP) is 3.14. The molecule has 0 aromatic carbocycles. The summed E-state index contributed by atoms with van der Waals surface area (Å²) >= 11 is 0. The smallest absolute Gasteiger partial charge is 0.252 e. The standard InChI is InChI=1S/C12H16F2N2O/c1-3-5-7-17-12-10(14)8-9(13)11(16-12)15-6-4-2/h3,8H,1,4-7H2,2H3,(H,15,16). The highest BCUT2D eigenvalue weighted by Gasteiger charge is 2.12. The Kier molecular flexibility index (Phi) is 5.39. The topological polar surface area (TPSA) is 34.1 Å². The van der Waals surface area contributed by atoms with Crippen LogP contribution >= 0.6 is 0 Å². The van der Waals surface area contributed by atoms with E-state index in [9.17, 15) is 8.78 Å². The molecule has 0 unspecified atom stereocenters. The van der Waals surface area contributed by atoms with Crippen LogP contribution in [0.3, 0.4) is 0 Å². The minimum atomic E-state index is -0.798. The SMILES string of the molecule is C=CCCOc1nc(NCCC)c(F)cc1F. The first-order valence-corrected chi connectivity index (χ1v) is 5.52. The van der Waals surface area contributed by atoms with Gasteiger partial charge in [0.2, 0.25) is 0 Å². The molecule has 0 atom stereocenters. The number of ether oxygens (including phenoxy) is 1. The summed E-state index contributed by atoms with van der Waals surface area (Å²) in [5.41, 5.74) is 0. The summed E-state index contributed by atoms with van der Waals surface area (Å²) in [6.45, 7) is 6.30. The van der Waals surface area contributed by atoms with Crippen LogP contribution in [0.5, 0.6) is 5.88 Å². The molecule has 1 aromatic heterocycles. The van der Waals surface area contributed by atoms with E-state index in [1.54, 1.807) is 6.08 Å². The van der Waals surface area contributed by atoms with Crippen molar-refractivity contribution in [1.29, 1.82) is 0 Å². The van der Waals surface area contributed by atoms with Crippen molar-refractivity contribution < 1.29 is 13.5 Å². The zero-order valence-corrected chi connectivity index (χ0v) is 9.80. The fourth-order valence-corrected chi connectivity index (χ4v) is 1.16. The molecular weight excluding hydrogens is 226 g/mol. The quantitative estimate of drug-likeness (QED) is 0.589. The molecule has 0 saturated heterocycles. The molecule has 0 bridgehead atoms. The second kappa shape index (κ2) is 6.83. The Morgan fingerprint density at radius 1 is 1.47 bits per heavy atom. The van der Waals surface area contributed by atoms with Crippen LogP contribution in [0.4, 0.5) is 14.6 Å². The molecule has 1 rings (SSSR count). The predicted molar refractivity (Wildman–Crippen MR) is 63.2 cm³/mol. The molecule has 3 nitrogen and oxygen atoms in total. The Labute approximate surface area is 99.5 Å². The molecule has 0 amide bonds. The van der Waals surface area contributed by atoms with Gasteiger partial charge in [-0.15, -0.1) is 6.58 Å². The lowest BCUT2D eigenvalue weighted by atomic mass is 10.4. The number of nitrogens with zero attached hydrogens (tertiary/aromatic N) is 1. The summed E-state index contributed by atoms with van der Waals surface area (Å²) in [7, 11) is 0. The largest absolute Gasteiger partial charge is 0.475 e. The van der Waals surface area contributed by atoms with Gasteiger partial charge in [-0.2, -0.15) is 4.98 Å². The van der Waals surface area contributed by atoms with Crippen LogP contribution in [0.15, 0.2) is 18.7 Å². The molecule has 1 aromatic rings. The Morgan fingerprint density at radius 2 is 2.24 bits per heavy atom. The molecular formula is C12H16F2N2O.